The number of nitrogens with zero attached hydrogens (tertiary/aromatic N) is 2. The second-order valence-electron chi connectivity index (χ2n) is 5.11. The Hall–Kier alpha value is -2.25. The van der Waals surface area contributed by atoms with Crippen LogP contribution in [0.2, 0.25) is 0 Å². The fraction of sp³-hybridized carbons (Fsp3) is 0.462. The van der Waals surface area contributed by atoms with Gasteiger partial charge in [0.2, 0.25) is 5.82 Å². The largest absolute Gasteiger partial charge is 0.480 e. The van der Waals surface area contributed by atoms with E-state index in [4.69, 9.17) is 0 Å². The normalized spacial score (nSPS) is 22.1. The standard InChI is InChI=1S/C13H14F2N2O4/c1-7-3-2-4-16(11(7)13(18)19)10-6-8(14)5-9(15)12(10)17(20)21/h5-7,11H,2-4H2,1H3,(H,18,19). The third-order valence-electron chi connectivity index (χ3n) is 3.69. The number of halogens is 2. The Morgan fingerprint density at radius 1 is 1.48 bits per heavy atom. The minimum Gasteiger partial charge on any atom is -0.480 e. The number of hydrogen-bond donors (Lipinski definition) is 1. The molecule has 0 bridgehead atoms. The van der Waals surface area contributed by atoms with Crippen LogP contribution in [-0.4, -0.2) is 28.6 Å². The lowest BCUT2D eigenvalue weighted by Gasteiger charge is -2.38. The van der Waals surface area contributed by atoms with E-state index in [1.54, 1.807) is 6.92 Å². The van der Waals surface area contributed by atoms with E-state index in [0.29, 0.717) is 18.9 Å². The molecule has 2 rings (SSSR count). The number of rotatable bonds is 3. The van der Waals surface area contributed by atoms with Crippen LogP contribution in [0.1, 0.15) is 19.8 Å². The van der Waals surface area contributed by atoms with Gasteiger partial charge < -0.3 is 10.0 Å². The van der Waals surface area contributed by atoms with Crippen molar-refractivity contribution in [2.75, 3.05) is 11.4 Å². The van der Waals surface area contributed by atoms with Crippen molar-refractivity contribution in [3.05, 3.63) is 33.9 Å². The van der Waals surface area contributed by atoms with Gasteiger partial charge >= 0.3 is 11.7 Å². The number of anilines is 1. The van der Waals surface area contributed by atoms with Crippen molar-refractivity contribution >= 4 is 17.3 Å². The SMILES string of the molecule is CC1CCCN(c2cc(F)cc(F)c2[N+](=O)[O-])C1C(=O)O. The maximum atomic E-state index is 13.7. The molecule has 0 aromatic heterocycles. The summed E-state index contributed by atoms with van der Waals surface area (Å²) >= 11 is 0. The van der Waals surface area contributed by atoms with Crippen molar-refractivity contribution in [2.45, 2.75) is 25.8 Å². The predicted molar refractivity (Wildman–Crippen MR) is 70.2 cm³/mol. The van der Waals surface area contributed by atoms with Gasteiger partial charge in [-0.2, -0.15) is 4.39 Å². The topological polar surface area (TPSA) is 83.7 Å². The summed E-state index contributed by atoms with van der Waals surface area (Å²) in [6, 6.07) is 0.193. The number of carbonyl (C=O) groups is 1. The molecule has 0 aliphatic carbocycles. The molecule has 1 saturated heterocycles. The molecule has 6 nitrogen and oxygen atoms in total. The van der Waals surface area contributed by atoms with Crippen molar-refractivity contribution in [2.24, 2.45) is 5.92 Å². The number of nitro benzene ring substituents is 1. The Labute approximate surface area is 119 Å². The van der Waals surface area contributed by atoms with Gasteiger partial charge in [-0.1, -0.05) is 6.92 Å². The highest BCUT2D eigenvalue weighted by Crippen LogP contribution is 2.37. The van der Waals surface area contributed by atoms with Gasteiger partial charge in [-0.15, -0.1) is 0 Å². The fourth-order valence-corrected chi connectivity index (χ4v) is 2.79. The van der Waals surface area contributed by atoms with Crippen molar-refractivity contribution in [3.63, 3.8) is 0 Å². The van der Waals surface area contributed by atoms with Crippen LogP contribution in [0.25, 0.3) is 0 Å². The van der Waals surface area contributed by atoms with Crippen molar-refractivity contribution < 1.29 is 23.6 Å². The lowest BCUT2D eigenvalue weighted by molar-refractivity contribution is -0.386. The highest BCUT2D eigenvalue weighted by Gasteiger charge is 2.38. The zero-order valence-corrected chi connectivity index (χ0v) is 11.3. The first kappa shape index (κ1) is 15.1. The van der Waals surface area contributed by atoms with Gasteiger partial charge in [-0.05, 0) is 18.8 Å². The zero-order chi connectivity index (χ0) is 15.7. The van der Waals surface area contributed by atoms with Crippen LogP contribution >= 0.6 is 0 Å². The van der Waals surface area contributed by atoms with Crippen LogP contribution in [-0.2, 0) is 4.79 Å². The number of aliphatic carboxylic acids is 1. The zero-order valence-electron chi connectivity index (χ0n) is 11.3. The highest BCUT2D eigenvalue weighted by molar-refractivity contribution is 5.81. The van der Waals surface area contributed by atoms with E-state index in [9.17, 15) is 28.8 Å². The molecule has 1 aliphatic heterocycles. The monoisotopic (exact) mass is 300 g/mol. The second kappa shape index (κ2) is 5.63. The molecule has 0 radical (unpaired) electrons. The third kappa shape index (κ3) is 2.79. The molecule has 1 aromatic rings. The van der Waals surface area contributed by atoms with E-state index in [-0.39, 0.29) is 18.2 Å². The summed E-state index contributed by atoms with van der Waals surface area (Å²) < 4.78 is 27.1. The highest BCUT2D eigenvalue weighted by atomic mass is 19.1. The summed E-state index contributed by atoms with van der Waals surface area (Å²) in [5.41, 5.74) is -1.21. The average Bonchev–Trinajstić information content (AvgIpc) is 2.36. The van der Waals surface area contributed by atoms with Gasteiger partial charge in [0.05, 0.1) is 4.92 Å². The quantitative estimate of drug-likeness (QED) is 0.685. The van der Waals surface area contributed by atoms with Gasteiger partial charge in [-0.25, -0.2) is 9.18 Å². The average molecular weight is 300 g/mol. The molecule has 21 heavy (non-hydrogen) atoms. The summed E-state index contributed by atoms with van der Waals surface area (Å²) in [6.45, 7) is 1.90. The molecule has 1 aliphatic rings. The van der Waals surface area contributed by atoms with E-state index in [1.165, 1.54) is 4.90 Å². The van der Waals surface area contributed by atoms with Crippen LogP contribution in [0.3, 0.4) is 0 Å². The molecule has 1 fully saturated rings. The molecule has 1 N–H and O–H groups in total. The molecule has 0 saturated carbocycles. The van der Waals surface area contributed by atoms with Crippen molar-refractivity contribution in [1.82, 2.24) is 0 Å². The number of nitro groups is 1. The Morgan fingerprint density at radius 3 is 2.71 bits per heavy atom. The Kier molecular flexibility index (Phi) is 4.06. The van der Waals surface area contributed by atoms with Crippen molar-refractivity contribution in [3.8, 4) is 0 Å². The molecule has 1 aromatic carbocycles. The molecule has 1 heterocycles. The Bertz CT molecular complexity index is 594. The summed E-state index contributed by atoms with van der Waals surface area (Å²) in [5.74, 6) is -3.73. The van der Waals surface area contributed by atoms with E-state index in [2.05, 4.69) is 0 Å². The van der Waals surface area contributed by atoms with E-state index < -0.39 is 34.3 Å². The molecule has 0 amide bonds. The summed E-state index contributed by atoms with van der Waals surface area (Å²) in [6.07, 6.45) is 1.24. The number of benzene rings is 1. The van der Waals surface area contributed by atoms with Crippen LogP contribution in [0.15, 0.2) is 12.1 Å². The number of piperidine rings is 1. The lowest BCUT2D eigenvalue weighted by atomic mass is 9.90. The maximum absolute atomic E-state index is 13.7. The second-order valence-corrected chi connectivity index (χ2v) is 5.11. The number of carboxylic acids is 1. The van der Waals surface area contributed by atoms with Crippen LogP contribution < -0.4 is 4.90 Å². The molecule has 2 unspecified atom stereocenters. The van der Waals surface area contributed by atoms with Gasteiger partial charge in [-0.3, -0.25) is 10.1 Å². The smallest absolute Gasteiger partial charge is 0.328 e. The molecule has 8 heteroatoms. The first-order valence-electron chi connectivity index (χ1n) is 6.45. The van der Waals surface area contributed by atoms with E-state index in [1.807, 2.05) is 0 Å². The van der Waals surface area contributed by atoms with Gasteiger partial charge in [0.25, 0.3) is 0 Å². The summed E-state index contributed by atoms with van der Waals surface area (Å²) in [4.78, 5) is 22.7. The molecular formula is C13H14F2N2O4. The van der Waals surface area contributed by atoms with E-state index in [0.717, 1.165) is 6.07 Å². The number of hydrogen-bond acceptors (Lipinski definition) is 4. The minimum absolute atomic E-state index is 0.199. The fourth-order valence-electron chi connectivity index (χ4n) is 2.79. The third-order valence-corrected chi connectivity index (χ3v) is 3.69. The lowest BCUT2D eigenvalue weighted by Crippen LogP contribution is -2.49. The Balaban J connectivity index is 2.58. The minimum atomic E-state index is -1.31. The molecular weight excluding hydrogens is 286 g/mol. The van der Waals surface area contributed by atoms with Crippen LogP contribution in [0.5, 0.6) is 0 Å². The summed E-state index contributed by atoms with van der Waals surface area (Å²) in [7, 11) is 0. The summed E-state index contributed by atoms with van der Waals surface area (Å²) in [5, 5.41) is 20.3. The molecule has 0 spiro atoms. The number of carboxylic acid groups (broad SMARTS) is 1. The maximum Gasteiger partial charge on any atom is 0.328 e. The van der Waals surface area contributed by atoms with E-state index >= 15 is 0 Å². The van der Waals surface area contributed by atoms with Crippen LogP contribution in [0, 0.1) is 27.7 Å². The van der Waals surface area contributed by atoms with Gasteiger partial charge in [0, 0.05) is 18.7 Å². The van der Waals surface area contributed by atoms with Gasteiger partial charge in [0.15, 0.2) is 0 Å². The Morgan fingerprint density at radius 2 is 2.14 bits per heavy atom. The van der Waals surface area contributed by atoms with Gasteiger partial charge in [0.1, 0.15) is 17.5 Å². The molecule has 2 atom stereocenters. The predicted octanol–water partition coefficient (Wildman–Crippen LogP) is 2.56. The van der Waals surface area contributed by atoms with Crippen LogP contribution in [0.4, 0.5) is 20.2 Å². The van der Waals surface area contributed by atoms with Crippen molar-refractivity contribution in [1.29, 1.82) is 0 Å². The first-order valence-corrected chi connectivity index (χ1v) is 6.45. The first-order chi connectivity index (χ1) is 9.82. The molecule has 114 valence electrons.